The number of aromatic nitrogens is 1. The Morgan fingerprint density at radius 1 is 1.21 bits per heavy atom. The van der Waals surface area contributed by atoms with Gasteiger partial charge in [-0.2, -0.15) is 0 Å². The molecule has 0 saturated heterocycles. The summed E-state index contributed by atoms with van der Waals surface area (Å²) < 4.78 is 10.7. The molecule has 1 fully saturated rings. The number of carbonyl (C=O) groups excluding carboxylic acids is 1. The van der Waals surface area contributed by atoms with E-state index in [0.29, 0.717) is 23.3 Å². The molecule has 29 heavy (non-hydrogen) atoms. The lowest BCUT2D eigenvalue weighted by molar-refractivity contribution is -0.131. The number of hydrogen-bond acceptors (Lipinski definition) is 6. The summed E-state index contributed by atoms with van der Waals surface area (Å²) in [5.74, 6) is 2.94. The minimum Gasteiger partial charge on any atom is -0.493 e. The molecule has 0 unspecified atom stereocenters. The number of ether oxygens (including phenoxy) is 2. The van der Waals surface area contributed by atoms with Gasteiger partial charge in [0.05, 0.1) is 25.7 Å². The van der Waals surface area contributed by atoms with E-state index >= 15 is 0 Å². The lowest BCUT2D eigenvalue weighted by Gasteiger charge is -2.33. The van der Waals surface area contributed by atoms with E-state index < -0.39 is 0 Å². The largest absolute Gasteiger partial charge is 0.493 e. The second kappa shape index (κ2) is 10.9. The van der Waals surface area contributed by atoms with Crippen molar-refractivity contribution in [1.82, 2.24) is 9.88 Å². The van der Waals surface area contributed by atoms with Gasteiger partial charge in [0.2, 0.25) is 5.91 Å². The average molecular weight is 435 g/mol. The van der Waals surface area contributed by atoms with Crippen molar-refractivity contribution in [2.45, 2.75) is 50.8 Å². The van der Waals surface area contributed by atoms with E-state index in [4.69, 9.17) is 14.5 Å². The number of benzene rings is 1. The van der Waals surface area contributed by atoms with E-state index in [9.17, 15) is 4.79 Å². The molecular weight excluding hydrogens is 404 g/mol. The Morgan fingerprint density at radius 3 is 2.66 bits per heavy atom. The molecule has 0 bridgehead atoms. The van der Waals surface area contributed by atoms with Crippen molar-refractivity contribution in [3.63, 3.8) is 0 Å². The highest BCUT2D eigenvalue weighted by molar-refractivity contribution is 7.99. The van der Waals surface area contributed by atoms with Gasteiger partial charge in [-0.3, -0.25) is 4.79 Å². The Morgan fingerprint density at radius 2 is 1.97 bits per heavy atom. The molecule has 1 heterocycles. The third kappa shape index (κ3) is 5.66. The van der Waals surface area contributed by atoms with Gasteiger partial charge >= 0.3 is 0 Å². The lowest BCUT2D eigenvalue weighted by Crippen LogP contribution is -2.42. The minimum absolute atomic E-state index is 0.264. The van der Waals surface area contributed by atoms with Crippen molar-refractivity contribution < 1.29 is 14.3 Å². The van der Waals surface area contributed by atoms with E-state index in [0.717, 1.165) is 41.4 Å². The summed E-state index contributed by atoms with van der Waals surface area (Å²) in [6, 6.07) is 6.27. The molecule has 1 saturated carbocycles. The number of hydrogen-bond donors (Lipinski definition) is 0. The summed E-state index contributed by atoms with van der Waals surface area (Å²) in [6.07, 6.45) is 6.12. The molecule has 0 atom stereocenters. The second-order valence-corrected chi connectivity index (χ2v) is 9.02. The van der Waals surface area contributed by atoms with Gasteiger partial charge in [-0.1, -0.05) is 19.3 Å². The van der Waals surface area contributed by atoms with E-state index in [2.05, 4.69) is 17.2 Å². The van der Waals surface area contributed by atoms with Gasteiger partial charge in [0, 0.05) is 29.3 Å². The van der Waals surface area contributed by atoms with Crippen LogP contribution < -0.4 is 9.47 Å². The SMILES string of the molecule is CCN(C(=O)CSCc1csc(-c2ccc(OC)c(OC)c2)n1)C1CCCCC1. The number of amides is 1. The Labute approximate surface area is 181 Å². The first-order valence-electron chi connectivity index (χ1n) is 10.2. The molecular formula is C22H30N2O3S2. The predicted octanol–water partition coefficient (Wildman–Crippen LogP) is 5.24. The highest BCUT2D eigenvalue weighted by Crippen LogP contribution is 2.34. The van der Waals surface area contributed by atoms with E-state index in [1.807, 2.05) is 18.2 Å². The van der Waals surface area contributed by atoms with Crippen LogP contribution in [0, 0.1) is 0 Å². The van der Waals surface area contributed by atoms with Gasteiger partial charge in [-0.15, -0.1) is 23.1 Å². The smallest absolute Gasteiger partial charge is 0.232 e. The third-order valence-corrected chi connectivity index (χ3v) is 7.23. The summed E-state index contributed by atoms with van der Waals surface area (Å²) in [4.78, 5) is 19.5. The molecule has 0 spiro atoms. The Kier molecular flexibility index (Phi) is 8.24. The van der Waals surface area contributed by atoms with Crippen LogP contribution in [0.15, 0.2) is 23.6 Å². The number of thiazole rings is 1. The first kappa shape index (κ1) is 22.0. The highest BCUT2D eigenvalue weighted by atomic mass is 32.2. The normalized spacial score (nSPS) is 14.6. The standard InChI is InChI=1S/C22H30N2O3S2/c1-4-24(18-8-6-5-7-9-18)21(25)15-28-13-17-14-29-22(23-17)16-10-11-19(26-2)20(12-16)27-3/h10-12,14,18H,4-9,13,15H2,1-3H3. The molecule has 1 aromatic carbocycles. The fourth-order valence-corrected chi connectivity index (χ4v) is 5.55. The third-order valence-electron chi connectivity index (χ3n) is 5.33. The Balaban J connectivity index is 1.54. The van der Waals surface area contributed by atoms with Crippen LogP contribution in [0.1, 0.15) is 44.7 Å². The molecule has 158 valence electrons. The lowest BCUT2D eigenvalue weighted by atomic mass is 9.94. The molecule has 7 heteroatoms. The molecule has 1 aliphatic carbocycles. The molecule has 0 N–H and O–H groups in total. The summed E-state index contributed by atoms with van der Waals surface area (Å²) in [6.45, 7) is 2.90. The van der Waals surface area contributed by atoms with Gasteiger partial charge in [-0.25, -0.2) is 4.98 Å². The topological polar surface area (TPSA) is 51.7 Å². The average Bonchev–Trinajstić information content (AvgIpc) is 3.23. The van der Waals surface area contributed by atoms with Gasteiger partial charge in [-0.05, 0) is 38.0 Å². The predicted molar refractivity (Wildman–Crippen MR) is 121 cm³/mol. The van der Waals surface area contributed by atoms with Gasteiger partial charge < -0.3 is 14.4 Å². The molecule has 1 aromatic heterocycles. The number of nitrogens with zero attached hydrogens (tertiary/aromatic N) is 2. The van der Waals surface area contributed by atoms with Crippen LogP contribution in [0.5, 0.6) is 11.5 Å². The maximum absolute atomic E-state index is 12.7. The van der Waals surface area contributed by atoms with Crippen LogP contribution in [0.2, 0.25) is 0 Å². The van der Waals surface area contributed by atoms with Gasteiger partial charge in [0.15, 0.2) is 11.5 Å². The van der Waals surface area contributed by atoms with Crippen LogP contribution in [-0.2, 0) is 10.5 Å². The van der Waals surface area contributed by atoms with Crippen LogP contribution in [0.25, 0.3) is 10.6 Å². The quantitative estimate of drug-likeness (QED) is 0.540. The summed E-state index contributed by atoms with van der Waals surface area (Å²) >= 11 is 3.26. The van der Waals surface area contributed by atoms with Crippen molar-refractivity contribution in [3.05, 3.63) is 29.3 Å². The molecule has 1 aliphatic rings. The van der Waals surface area contributed by atoms with E-state index in [1.54, 1.807) is 37.3 Å². The van der Waals surface area contributed by atoms with Gasteiger partial charge in [0.25, 0.3) is 0 Å². The highest BCUT2D eigenvalue weighted by Gasteiger charge is 2.23. The minimum atomic E-state index is 0.264. The maximum Gasteiger partial charge on any atom is 0.232 e. The van der Waals surface area contributed by atoms with Crippen molar-refractivity contribution in [2.24, 2.45) is 0 Å². The first-order valence-corrected chi connectivity index (χ1v) is 12.2. The monoisotopic (exact) mass is 434 g/mol. The van der Waals surface area contributed by atoms with Crippen LogP contribution in [0.4, 0.5) is 0 Å². The first-order chi connectivity index (χ1) is 14.2. The number of thioether (sulfide) groups is 1. The number of rotatable bonds is 9. The molecule has 5 nitrogen and oxygen atoms in total. The van der Waals surface area contributed by atoms with Gasteiger partial charge in [0.1, 0.15) is 5.01 Å². The Hall–Kier alpha value is -1.73. The zero-order chi connectivity index (χ0) is 20.6. The second-order valence-electron chi connectivity index (χ2n) is 7.18. The van der Waals surface area contributed by atoms with Crippen LogP contribution >= 0.6 is 23.1 Å². The zero-order valence-electron chi connectivity index (χ0n) is 17.5. The van der Waals surface area contributed by atoms with E-state index in [-0.39, 0.29) is 5.91 Å². The number of methoxy groups -OCH3 is 2. The molecule has 2 aromatic rings. The van der Waals surface area contributed by atoms with E-state index in [1.165, 1.54) is 19.3 Å². The van der Waals surface area contributed by atoms with Crippen LogP contribution in [0.3, 0.4) is 0 Å². The number of carbonyl (C=O) groups is 1. The van der Waals surface area contributed by atoms with Crippen molar-refractivity contribution >= 4 is 29.0 Å². The molecule has 0 radical (unpaired) electrons. The zero-order valence-corrected chi connectivity index (χ0v) is 19.1. The summed E-state index contributed by atoms with van der Waals surface area (Å²) in [7, 11) is 3.26. The summed E-state index contributed by atoms with van der Waals surface area (Å²) in [5, 5.41) is 3.02. The molecule has 0 aliphatic heterocycles. The van der Waals surface area contributed by atoms with Crippen molar-refractivity contribution in [1.29, 1.82) is 0 Å². The molecule has 1 amide bonds. The van der Waals surface area contributed by atoms with Crippen molar-refractivity contribution in [2.75, 3.05) is 26.5 Å². The fraction of sp³-hybridized carbons (Fsp3) is 0.545. The maximum atomic E-state index is 12.7. The van der Waals surface area contributed by atoms with Crippen molar-refractivity contribution in [3.8, 4) is 22.1 Å². The fourth-order valence-electron chi connectivity index (χ4n) is 3.83. The summed E-state index contributed by atoms with van der Waals surface area (Å²) in [5.41, 5.74) is 2.02. The Bertz CT molecular complexity index is 803. The molecule has 3 rings (SSSR count). The van der Waals surface area contributed by atoms with Crippen LogP contribution in [-0.4, -0.2) is 48.4 Å².